The molecule has 2 aromatic carbocycles. The molecule has 1 saturated heterocycles. The van der Waals surface area contributed by atoms with Crippen LogP contribution in [0.3, 0.4) is 0 Å². The van der Waals surface area contributed by atoms with E-state index in [0.717, 1.165) is 21.9 Å². The lowest BCUT2D eigenvalue weighted by Crippen LogP contribution is -2.50. The number of benzene rings is 2. The molecule has 0 aliphatic carbocycles. The van der Waals surface area contributed by atoms with Gasteiger partial charge in [0, 0.05) is 0 Å². The van der Waals surface area contributed by atoms with Crippen molar-refractivity contribution in [2.75, 3.05) is 6.61 Å². The van der Waals surface area contributed by atoms with Crippen LogP contribution in [0.5, 0.6) is 0 Å². The van der Waals surface area contributed by atoms with Crippen LogP contribution in [-0.2, 0) is 31.9 Å². The number of nitrogens with one attached hydrogen (secondary N) is 1. The summed E-state index contributed by atoms with van der Waals surface area (Å²) in [6.45, 7) is 6.27. The van der Waals surface area contributed by atoms with Crippen LogP contribution in [-0.4, -0.2) is 42.3 Å². The largest absolute Gasteiger partial charge is 0.407 e. The minimum atomic E-state index is -2.30. The maximum absolute atomic E-state index is 14.3. The van der Waals surface area contributed by atoms with Gasteiger partial charge in [-0.1, -0.05) is 66.6 Å². The Bertz CT molecular complexity index is 1380. The van der Waals surface area contributed by atoms with Crippen molar-refractivity contribution < 1.29 is 23.0 Å². The van der Waals surface area contributed by atoms with E-state index >= 15 is 0 Å². The molecule has 4 atom stereocenters. The fraction of sp³-hybridized carbons (Fsp3) is 0.357. The average molecular weight is 539 g/mol. The van der Waals surface area contributed by atoms with Crippen molar-refractivity contribution in [3.05, 3.63) is 105 Å². The number of aromatic amines is 1. The monoisotopic (exact) mass is 538 g/mol. The number of hydrogen-bond acceptors (Lipinski definition) is 6. The predicted octanol–water partition coefficient (Wildman–Crippen LogP) is 3.60. The van der Waals surface area contributed by atoms with Gasteiger partial charge in [-0.3, -0.25) is 14.3 Å². The average Bonchev–Trinajstić information content (AvgIpc) is 3.18. The van der Waals surface area contributed by atoms with Crippen molar-refractivity contribution in [1.29, 1.82) is 0 Å². The summed E-state index contributed by atoms with van der Waals surface area (Å²) in [6.07, 6.45) is 3.90. The van der Waals surface area contributed by atoms with E-state index in [4.69, 9.17) is 25.1 Å². The molecule has 4 rings (SSSR count). The second-order valence-electron chi connectivity index (χ2n) is 10.1. The molecule has 1 fully saturated rings. The highest BCUT2D eigenvalue weighted by Crippen LogP contribution is 2.42. The molecule has 38 heavy (non-hydrogen) atoms. The van der Waals surface area contributed by atoms with Crippen molar-refractivity contribution in [2.45, 2.75) is 56.9 Å². The van der Waals surface area contributed by atoms with E-state index in [1.807, 2.05) is 85.3 Å². The Morgan fingerprint density at radius 2 is 1.66 bits per heavy atom. The van der Waals surface area contributed by atoms with Gasteiger partial charge in [0.05, 0.1) is 26.0 Å². The molecule has 3 aromatic rings. The molecule has 0 saturated carbocycles. The highest BCUT2D eigenvalue weighted by atomic mass is 28.4. The maximum atomic E-state index is 14.3. The summed E-state index contributed by atoms with van der Waals surface area (Å²) in [4.78, 5) is 26.5. The molecule has 8 nitrogen and oxygen atoms in total. The zero-order valence-corrected chi connectivity index (χ0v) is 22.6. The second kappa shape index (κ2) is 11.6. The van der Waals surface area contributed by atoms with Crippen molar-refractivity contribution in [2.24, 2.45) is 0 Å². The van der Waals surface area contributed by atoms with Gasteiger partial charge in [0.1, 0.15) is 12.2 Å². The van der Waals surface area contributed by atoms with Crippen LogP contribution in [0.4, 0.5) is 4.39 Å². The van der Waals surface area contributed by atoms with Crippen LogP contribution >= 0.6 is 0 Å². The summed E-state index contributed by atoms with van der Waals surface area (Å²) in [5.41, 5.74) is -1.63. The predicted molar refractivity (Wildman–Crippen MR) is 142 cm³/mol. The molecule has 1 aliphatic heterocycles. The SMILES string of the molecule is C#C[C@]1(COCc2ccccc2)O[C@@H](n2cc(F)c(=O)[nH]c2=O)C(O[Si](C)(C)C)[C@@H]1OCc1ccccc1. The lowest BCUT2D eigenvalue weighted by atomic mass is 9.96. The number of H-pyrrole nitrogens is 1. The Morgan fingerprint density at radius 1 is 1.05 bits per heavy atom. The van der Waals surface area contributed by atoms with Crippen LogP contribution in [0, 0.1) is 18.2 Å². The van der Waals surface area contributed by atoms with Gasteiger partial charge in [-0.05, 0) is 30.8 Å². The fourth-order valence-corrected chi connectivity index (χ4v) is 5.37. The molecule has 2 heterocycles. The highest BCUT2D eigenvalue weighted by molar-refractivity contribution is 6.69. The molecule has 1 aliphatic rings. The van der Waals surface area contributed by atoms with E-state index in [0.29, 0.717) is 0 Å². The molecule has 1 aromatic heterocycles. The standard InChI is InChI=1S/C28H31FN2O6Si/c1-5-28(19-34-17-20-12-8-6-9-13-20)24(35-18-21-14-10-7-11-15-21)23(37-38(2,3)4)26(36-28)31-16-22(29)25(32)30-27(31)33/h1,6-16,23-24,26H,17-19H2,2-4H3,(H,30,32,33)/t23?,24-,26+,28+/m0/s1. The van der Waals surface area contributed by atoms with Crippen LogP contribution in [0.15, 0.2) is 76.4 Å². The Kier molecular flexibility index (Phi) is 8.45. The third kappa shape index (κ3) is 6.38. The molecule has 1 N–H and O–H groups in total. The first-order valence-electron chi connectivity index (χ1n) is 12.2. The minimum absolute atomic E-state index is 0.0828. The van der Waals surface area contributed by atoms with E-state index in [9.17, 15) is 14.0 Å². The number of rotatable bonds is 10. The van der Waals surface area contributed by atoms with Crippen molar-refractivity contribution >= 4 is 8.32 Å². The molecular formula is C28H31FN2O6Si. The Balaban J connectivity index is 1.73. The molecule has 0 spiro atoms. The number of hydrogen-bond donors (Lipinski definition) is 1. The summed E-state index contributed by atoms with van der Waals surface area (Å²) in [7, 11) is -2.30. The maximum Gasteiger partial charge on any atom is 0.330 e. The Labute approximate surface area is 221 Å². The van der Waals surface area contributed by atoms with E-state index in [1.54, 1.807) is 0 Å². The molecule has 0 bridgehead atoms. The van der Waals surface area contributed by atoms with Gasteiger partial charge in [0.15, 0.2) is 20.1 Å². The number of halogens is 1. The summed E-state index contributed by atoms with van der Waals surface area (Å²) in [5, 5.41) is 0. The second-order valence-corrected chi connectivity index (χ2v) is 14.5. The third-order valence-electron chi connectivity index (χ3n) is 6.00. The molecule has 10 heteroatoms. The topological polar surface area (TPSA) is 91.8 Å². The number of terminal acetylenes is 1. The Morgan fingerprint density at radius 3 is 2.24 bits per heavy atom. The van der Waals surface area contributed by atoms with Gasteiger partial charge in [-0.15, -0.1) is 6.42 Å². The van der Waals surface area contributed by atoms with Gasteiger partial charge in [0.25, 0.3) is 5.56 Å². The van der Waals surface area contributed by atoms with E-state index in [1.165, 1.54) is 0 Å². The van der Waals surface area contributed by atoms with Crippen molar-refractivity contribution in [3.63, 3.8) is 0 Å². The van der Waals surface area contributed by atoms with E-state index < -0.39 is 49.4 Å². The molecular weight excluding hydrogens is 507 g/mol. The molecule has 0 radical (unpaired) electrons. The normalized spacial score (nSPS) is 23.3. The van der Waals surface area contributed by atoms with Crippen LogP contribution in [0.1, 0.15) is 17.4 Å². The molecule has 1 unspecified atom stereocenters. The smallest absolute Gasteiger partial charge is 0.330 e. The van der Waals surface area contributed by atoms with Crippen LogP contribution in [0.2, 0.25) is 19.6 Å². The van der Waals surface area contributed by atoms with Gasteiger partial charge in [-0.2, -0.15) is 4.39 Å². The highest BCUT2D eigenvalue weighted by Gasteiger charge is 2.58. The molecule has 0 amide bonds. The first-order valence-corrected chi connectivity index (χ1v) is 15.6. The summed E-state index contributed by atoms with van der Waals surface area (Å²) in [5.74, 6) is 1.55. The van der Waals surface area contributed by atoms with Crippen LogP contribution in [0.25, 0.3) is 0 Å². The van der Waals surface area contributed by atoms with Crippen molar-refractivity contribution in [3.8, 4) is 12.3 Å². The fourth-order valence-electron chi connectivity index (χ4n) is 4.32. The summed E-state index contributed by atoms with van der Waals surface area (Å²) in [6, 6.07) is 19.1. The number of aromatic nitrogens is 2. The number of nitrogens with zero attached hydrogens (tertiary/aromatic N) is 1. The first kappa shape index (κ1) is 27.7. The summed E-state index contributed by atoms with van der Waals surface area (Å²) >= 11 is 0. The van der Waals surface area contributed by atoms with Gasteiger partial charge in [-0.25, -0.2) is 4.79 Å². The molecule has 200 valence electrons. The third-order valence-corrected chi connectivity index (χ3v) is 6.98. The zero-order valence-electron chi connectivity index (χ0n) is 21.6. The van der Waals surface area contributed by atoms with Crippen LogP contribution < -0.4 is 11.2 Å². The Hall–Kier alpha value is -3.33. The van der Waals surface area contributed by atoms with Gasteiger partial charge in [0.2, 0.25) is 5.82 Å². The lowest BCUT2D eigenvalue weighted by molar-refractivity contribution is -0.124. The van der Waals surface area contributed by atoms with E-state index in [-0.39, 0.29) is 19.8 Å². The van der Waals surface area contributed by atoms with Gasteiger partial charge >= 0.3 is 5.69 Å². The lowest BCUT2D eigenvalue weighted by Gasteiger charge is -2.33. The van der Waals surface area contributed by atoms with E-state index in [2.05, 4.69) is 5.92 Å². The zero-order chi connectivity index (χ0) is 27.3. The summed E-state index contributed by atoms with van der Waals surface area (Å²) < 4.78 is 40.5. The minimum Gasteiger partial charge on any atom is -0.407 e. The van der Waals surface area contributed by atoms with Crippen molar-refractivity contribution in [1.82, 2.24) is 9.55 Å². The quantitative estimate of drug-likeness (QED) is 0.313. The van der Waals surface area contributed by atoms with Gasteiger partial charge < -0.3 is 18.6 Å². The first-order chi connectivity index (χ1) is 18.1. The number of ether oxygens (including phenoxy) is 3.